The number of carbonyl (C=O) groups excluding carboxylic acids is 1. The van der Waals surface area contributed by atoms with E-state index in [2.05, 4.69) is 4.90 Å². The van der Waals surface area contributed by atoms with Crippen LogP contribution in [-0.2, 0) is 10.5 Å². The zero-order valence-electron chi connectivity index (χ0n) is 12.9. The number of nitro benzene ring substituents is 1. The largest absolute Gasteiger partial charge is 0.354 e. The lowest BCUT2D eigenvalue weighted by Gasteiger charge is -2.35. The van der Waals surface area contributed by atoms with E-state index in [1.165, 1.54) is 23.9 Å². The number of nitrogens with zero attached hydrogens (tertiary/aromatic N) is 3. The molecule has 132 valence electrons. The van der Waals surface area contributed by atoms with Gasteiger partial charge in [0.2, 0.25) is 5.91 Å². The Morgan fingerprint density at radius 3 is 2.25 bits per heavy atom. The van der Waals surface area contributed by atoms with Crippen molar-refractivity contribution in [1.82, 2.24) is 9.80 Å². The van der Waals surface area contributed by atoms with Crippen LogP contribution in [0, 0.1) is 10.1 Å². The van der Waals surface area contributed by atoms with Crippen molar-refractivity contribution in [1.29, 1.82) is 0 Å². The average molecular weight is 391 g/mol. The molecule has 10 heteroatoms. The van der Waals surface area contributed by atoms with E-state index in [1.807, 2.05) is 0 Å². The number of halogens is 1. The summed E-state index contributed by atoms with van der Waals surface area (Å²) in [6, 6.07) is 6.48. The molecule has 0 radical (unpaired) electrons. The summed E-state index contributed by atoms with van der Waals surface area (Å²) >= 11 is 6.95. The van der Waals surface area contributed by atoms with Crippen LogP contribution in [0.15, 0.2) is 24.3 Å². The number of thioether (sulfide) groups is 1. The topological polar surface area (TPSA) is 92.7 Å². The number of amides is 1. The van der Waals surface area contributed by atoms with E-state index >= 15 is 0 Å². The third-order valence-corrected chi connectivity index (χ3v) is 5.17. The molecule has 1 amide bonds. The van der Waals surface area contributed by atoms with E-state index in [0.717, 1.165) is 9.88 Å². The van der Waals surface area contributed by atoms with Crippen molar-refractivity contribution in [2.75, 3.05) is 32.7 Å². The third-order valence-electron chi connectivity index (χ3n) is 3.57. The number of rotatable bonds is 4. The van der Waals surface area contributed by atoms with Gasteiger partial charge in [-0.1, -0.05) is 36.1 Å². The zero-order chi connectivity index (χ0) is 16.8. The molecule has 1 aromatic carbocycles. The third kappa shape index (κ3) is 5.59. The summed E-state index contributed by atoms with van der Waals surface area (Å²) in [5.41, 5.74) is 6.43. The monoisotopic (exact) mass is 390 g/mol. The van der Waals surface area contributed by atoms with Crippen molar-refractivity contribution in [3.05, 3.63) is 39.9 Å². The lowest BCUT2D eigenvalue weighted by atomic mass is 10.2. The van der Waals surface area contributed by atoms with Crippen LogP contribution in [0.2, 0.25) is 0 Å². The van der Waals surface area contributed by atoms with Gasteiger partial charge >= 0.3 is 0 Å². The summed E-state index contributed by atoms with van der Waals surface area (Å²) in [6.45, 7) is 2.72. The molecule has 24 heavy (non-hydrogen) atoms. The summed E-state index contributed by atoms with van der Waals surface area (Å²) in [5, 5.41) is 10.6. The molecule has 0 atom stereocenters. The fourth-order valence-electron chi connectivity index (χ4n) is 2.22. The molecule has 1 aliphatic rings. The number of non-ortho nitro benzene ring substituents is 1. The Hall–Kier alpha value is -1.42. The first-order valence-electron chi connectivity index (χ1n) is 7.14. The quantitative estimate of drug-likeness (QED) is 0.474. The highest BCUT2D eigenvalue weighted by molar-refractivity contribution is 8.22. The van der Waals surface area contributed by atoms with Crippen LogP contribution < -0.4 is 5.73 Å². The molecule has 0 saturated carbocycles. The summed E-state index contributed by atoms with van der Waals surface area (Å²) < 4.78 is 0.781. The molecule has 1 saturated heterocycles. The second kappa shape index (κ2) is 9.77. The Labute approximate surface area is 156 Å². The Kier molecular flexibility index (Phi) is 8.40. The molecular formula is C14H19ClN4O3S2. The fraction of sp³-hybridized carbons (Fsp3) is 0.429. The predicted molar refractivity (Wildman–Crippen MR) is 101 cm³/mol. The van der Waals surface area contributed by atoms with Crippen LogP contribution in [0.4, 0.5) is 5.69 Å². The zero-order valence-corrected chi connectivity index (χ0v) is 15.4. The highest BCUT2D eigenvalue weighted by atomic mass is 35.5. The predicted octanol–water partition coefficient (Wildman–Crippen LogP) is 1.64. The van der Waals surface area contributed by atoms with E-state index in [0.29, 0.717) is 31.9 Å². The van der Waals surface area contributed by atoms with E-state index in [-0.39, 0.29) is 30.5 Å². The van der Waals surface area contributed by atoms with Gasteiger partial charge in [0, 0.05) is 44.1 Å². The maximum atomic E-state index is 11.5. The van der Waals surface area contributed by atoms with Crippen LogP contribution >= 0.6 is 36.4 Å². The van der Waals surface area contributed by atoms with Crippen molar-refractivity contribution in [2.45, 2.75) is 5.75 Å². The highest BCUT2D eigenvalue weighted by Crippen LogP contribution is 2.20. The SMILES string of the molecule is Cl.NCC(=O)N1CCN(C(=S)SCc2ccc([N+](=O)[O-])cc2)CC1. The Morgan fingerprint density at radius 1 is 1.21 bits per heavy atom. The van der Waals surface area contributed by atoms with Gasteiger partial charge in [-0.2, -0.15) is 0 Å². The molecule has 1 heterocycles. The molecule has 0 spiro atoms. The second-order valence-electron chi connectivity index (χ2n) is 5.05. The van der Waals surface area contributed by atoms with Gasteiger partial charge in [-0.3, -0.25) is 14.9 Å². The number of thiocarbonyl (C=S) groups is 1. The summed E-state index contributed by atoms with van der Waals surface area (Å²) in [6.07, 6.45) is 0. The Balaban J connectivity index is 0.00000288. The first kappa shape index (κ1) is 20.6. The molecule has 7 nitrogen and oxygen atoms in total. The molecule has 1 aliphatic heterocycles. The van der Waals surface area contributed by atoms with Crippen molar-refractivity contribution in [2.24, 2.45) is 5.73 Å². The van der Waals surface area contributed by atoms with E-state index < -0.39 is 4.92 Å². The van der Waals surface area contributed by atoms with Crippen molar-refractivity contribution < 1.29 is 9.72 Å². The van der Waals surface area contributed by atoms with Crippen LogP contribution in [0.5, 0.6) is 0 Å². The highest BCUT2D eigenvalue weighted by Gasteiger charge is 2.21. The van der Waals surface area contributed by atoms with E-state index in [9.17, 15) is 14.9 Å². The minimum atomic E-state index is -0.413. The van der Waals surface area contributed by atoms with Gasteiger partial charge in [-0.05, 0) is 5.56 Å². The first-order valence-corrected chi connectivity index (χ1v) is 8.53. The summed E-state index contributed by atoms with van der Waals surface area (Å²) in [4.78, 5) is 25.6. The lowest BCUT2D eigenvalue weighted by molar-refractivity contribution is -0.384. The molecule has 0 bridgehead atoms. The summed E-state index contributed by atoms with van der Waals surface area (Å²) in [7, 11) is 0. The van der Waals surface area contributed by atoms with Crippen molar-refractivity contribution in [3.63, 3.8) is 0 Å². The van der Waals surface area contributed by atoms with Crippen LogP contribution in [0.3, 0.4) is 0 Å². The van der Waals surface area contributed by atoms with Crippen molar-refractivity contribution in [3.8, 4) is 0 Å². The first-order chi connectivity index (χ1) is 11.0. The molecular weight excluding hydrogens is 372 g/mol. The summed E-state index contributed by atoms with van der Waals surface area (Å²) in [5.74, 6) is 0.632. The van der Waals surface area contributed by atoms with Gasteiger partial charge in [0.25, 0.3) is 5.69 Å². The maximum Gasteiger partial charge on any atom is 0.269 e. The molecule has 0 aromatic heterocycles. The number of benzene rings is 1. The van der Waals surface area contributed by atoms with Crippen LogP contribution in [0.25, 0.3) is 0 Å². The van der Waals surface area contributed by atoms with Crippen LogP contribution in [-0.4, -0.2) is 57.7 Å². The van der Waals surface area contributed by atoms with Gasteiger partial charge in [-0.25, -0.2) is 0 Å². The number of hydrogen-bond acceptors (Lipinski definition) is 6. The fourth-order valence-corrected chi connectivity index (χ4v) is 3.42. The lowest BCUT2D eigenvalue weighted by Crippen LogP contribution is -2.51. The normalized spacial score (nSPS) is 14.0. The average Bonchev–Trinajstić information content (AvgIpc) is 2.59. The molecule has 1 fully saturated rings. The number of piperazine rings is 1. The minimum Gasteiger partial charge on any atom is -0.354 e. The van der Waals surface area contributed by atoms with Gasteiger partial charge in [-0.15, -0.1) is 12.4 Å². The Morgan fingerprint density at radius 2 is 1.75 bits per heavy atom. The molecule has 0 aliphatic carbocycles. The van der Waals surface area contributed by atoms with Gasteiger partial charge in [0.15, 0.2) is 0 Å². The Bertz CT molecular complexity index is 592. The number of nitro groups is 1. The molecule has 2 N–H and O–H groups in total. The standard InChI is InChI=1S/C14H18N4O3S2.ClH/c15-9-13(19)16-5-7-17(8-6-16)14(22)23-10-11-1-3-12(4-2-11)18(20)21;/h1-4H,5-10,15H2;1H. The van der Waals surface area contributed by atoms with Gasteiger partial charge < -0.3 is 15.5 Å². The van der Waals surface area contributed by atoms with E-state index in [1.54, 1.807) is 17.0 Å². The molecule has 0 unspecified atom stereocenters. The molecule has 1 aromatic rings. The van der Waals surface area contributed by atoms with Crippen LogP contribution in [0.1, 0.15) is 5.56 Å². The minimum absolute atomic E-state index is 0. The van der Waals surface area contributed by atoms with Gasteiger partial charge in [0.05, 0.1) is 11.5 Å². The molecule has 2 rings (SSSR count). The van der Waals surface area contributed by atoms with Crippen molar-refractivity contribution >= 4 is 52.3 Å². The smallest absolute Gasteiger partial charge is 0.269 e. The van der Waals surface area contributed by atoms with E-state index in [4.69, 9.17) is 18.0 Å². The second-order valence-corrected chi connectivity index (χ2v) is 6.66. The maximum absolute atomic E-state index is 11.5. The van der Waals surface area contributed by atoms with Gasteiger partial charge in [0.1, 0.15) is 4.32 Å². The number of carbonyl (C=O) groups is 1. The number of hydrogen-bond donors (Lipinski definition) is 1. The number of nitrogens with two attached hydrogens (primary N) is 1.